The first-order valence-electron chi connectivity index (χ1n) is 6.18. The molecule has 0 N–H and O–H groups in total. The maximum Gasteiger partial charge on any atom is 0.285 e. The van der Waals surface area contributed by atoms with Crippen molar-refractivity contribution < 1.29 is 9.53 Å². The number of aromatic nitrogens is 2. The Morgan fingerprint density at radius 2 is 2.15 bits per heavy atom. The first kappa shape index (κ1) is 12.3. The molecule has 0 atom stereocenters. The number of carbonyl (C=O) groups excluding carboxylic acids is 1. The second kappa shape index (κ2) is 5.48. The largest absolute Gasteiger partial charge is 0.465 e. The number of hydrogen-bond acceptors (Lipinski definition) is 5. The van der Waals surface area contributed by atoms with Crippen LogP contribution >= 0.6 is 0 Å². The van der Waals surface area contributed by atoms with Crippen LogP contribution in [0.1, 0.15) is 12.1 Å². The SMILES string of the molecule is O=C1COC(c2cnccn2)=NN1C1=CC=CC=CC1. The molecule has 1 aromatic heterocycles. The Hall–Kier alpha value is -2.76. The maximum atomic E-state index is 12.0. The van der Waals surface area contributed by atoms with Gasteiger partial charge in [-0.1, -0.05) is 24.3 Å². The number of hydrogen-bond donors (Lipinski definition) is 0. The van der Waals surface area contributed by atoms with Gasteiger partial charge in [0.15, 0.2) is 6.61 Å². The van der Waals surface area contributed by atoms with Crippen LogP contribution in [-0.2, 0) is 9.53 Å². The van der Waals surface area contributed by atoms with Gasteiger partial charge in [-0.05, 0) is 6.08 Å². The molecular formula is C14H12N4O2. The lowest BCUT2D eigenvalue weighted by Gasteiger charge is -2.24. The molecule has 0 fully saturated rings. The van der Waals surface area contributed by atoms with Crippen molar-refractivity contribution in [2.45, 2.75) is 6.42 Å². The lowest BCUT2D eigenvalue weighted by atomic mass is 10.3. The summed E-state index contributed by atoms with van der Waals surface area (Å²) in [5.41, 5.74) is 1.30. The molecule has 100 valence electrons. The molecule has 3 rings (SSSR count). The zero-order valence-corrected chi connectivity index (χ0v) is 10.6. The summed E-state index contributed by atoms with van der Waals surface area (Å²) in [5.74, 6) is 0.100. The van der Waals surface area contributed by atoms with Crippen molar-refractivity contribution >= 4 is 11.8 Å². The molecular weight excluding hydrogens is 256 g/mol. The average molecular weight is 268 g/mol. The number of rotatable bonds is 2. The molecule has 0 saturated carbocycles. The third-order valence-electron chi connectivity index (χ3n) is 2.79. The minimum absolute atomic E-state index is 0.0554. The maximum absolute atomic E-state index is 12.0. The minimum atomic E-state index is -0.201. The molecule has 0 unspecified atom stereocenters. The van der Waals surface area contributed by atoms with Crippen molar-refractivity contribution in [2.24, 2.45) is 5.10 Å². The highest BCUT2D eigenvalue weighted by Gasteiger charge is 2.25. The van der Waals surface area contributed by atoms with Crippen LogP contribution in [-0.4, -0.2) is 33.4 Å². The summed E-state index contributed by atoms with van der Waals surface area (Å²) in [6, 6.07) is 0. The predicted octanol–water partition coefficient (Wildman–Crippen LogP) is 1.40. The van der Waals surface area contributed by atoms with Crippen molar-refractivity contribution in [3.05, 3.63) is 60.4 Å². The molecule has 1 aliphatic heterocycles. The molecule has 6 heteroatoms. The van der Waals surface area contributed by atoms with Crippen LogP contribution in [0.3, 0.4) is 0 Å². The van der Waals surface area contributed by atoms with Crippen LogP contribution < -0.4 is 0 Å². The van der Waals surface area contributed by atoms with E-state index in [-0.39, 0.29) is 12.5 Å². The fraction of sp³-hybridized carbons (Fsp3) is 0.143. The highest BCUT2D eigenvalue weighted by atomic mass is 16.5. The van der Waals surface area contributed by atoms with E-state index in [9.17, 15) is 4.79 Å². The van der Waals surface area contributed by atoms with E-state index in [0.717, 1.165) is 5.70 Å². The first-order valence-corrected chi connectivity index (χ1v) is 6.18. The summed E-state index contributed by atoms with van der Waals surface area (Å²) in [6.45, 7) is -0.0554. The van der Waals surface area contributed by atoms with Crippen molar-refractivity contribution in [3.8, 4) is 0 Å². The summed E-state index contributed by atoms with van der Waals surface area (Å²) in [5, 5.41) is 5.61. The molecule has 0 spiro atoms. The van der Waals surface area contributed by atoms with Gasteiger partial charge in [-0.15, -0.1) is 5.10 Å². The van der Waals surface area contributed by atoms with Crippen molar-refractivity contribution in [1.82, 2.24) is 15.0 Å². The van der Waals surface area contributed by atoms with Gasteiger partial charge in [0.05, 0.1) is 6.20 Å². The Balaban J connectivity index is 1.93. The second-order valence-electron chi connectivity index (χ2n) is 4.17. The molecule has 20 heavy (non-hydrogen) atoms. The van der Waals surface area contributed by atoms with Gasteiger partial charge in [0, 0.05) is 24.5 Å². The zero-order chi connectivity index (χ0) is 13.8. The van der Waals surface area contributed by atoms with E-state index in [1.54, 1.807) is 18.6 Å². The third kappa shape index (κ3) is 2.49. The number of amides is 1. The van der Waals surface area contributed by atoms with Crippen molar-refractivity contribution in [2.75, 3.05) is 6.61 Å². The minimum Gasteiger partial charge on any atom is -0.465 e. The molecule has 2 heterocycles. The van der Waals surface area contributed by atoms with Crippen LogP contribution in [0.25, 0.3) is 0 Å². The number of allylic oxidation sites excluding steroid dienone is 5. The van der Waals surface area contributed by atoms with E-state index in [2.05, 4.69) is 15.1 Å². The van der Waals surface area contributed by atoms with E-state index >= 15 is 0 Å². The van der Waals surface area contributed by atoms with Crippen LogP contribution in [0.2, 0.25) is 0 Å². The van der Waals surface area contributed by atoms with Gasteiger partial charge in [-0.25, -0.2) is 4.98 Å². The number of nitrogens with zero attached hydrogens (tertiary/aromatic N) is 4. The third-order valence-corrected chi connectivity index (χ3v) is 2.79. The van der Waals surface area contributed by atoms with E-state index < -0.39 is 0 Å². The molecule has 1 amide bonds. The van der Waals surface area contributed by atoms with Crippen molar-refractivity contribution in [3.63, 3.8) is 0 Å². The lowest BCUT2D eigenvalue weighted by molar-refractivity contribution is -0.133. The highest BCUT2D eigenvalue weighted by Crippen LogP contribution is 2.18. The summed E-state index contributed by atoms with van der Waals surface area (Å²) < 4.78 is 5.32. The van der Waals surface area contributed by atoms with E-state index in [1.807, 2.05) is 30.4 Å². The summed E-state index contributed by atoms with van der Waals surface area (Å²) in [7, 11) is 0. The topological polar surface area (TPSA) is 67.7 Å². The predicted molar refractivity (Wildman–Crippen MR) is 72.3 cm³/mol. The van der Waals surface area contributed by atoms with Gasteiger partial charge in [0.25, 0.3) is 11.8 Å². The highest BCUT2D eigenvalue weighted by molar-refractivity contribution is 5.96. The number of hydrazone groups is 1. The molecule has 1 aromatic rings. The zero-order valence-electron chi connectivity index (χ0n) is 10.6. The molecule has 2 aliphatic rings. The Labute approximate surface area is 115 Å². The van der Waals surface area contributed by atoms with E-state index in [4.69, 9.17) is 4.74 Å². The molecule has 0 saturated heterocycles. The normalized spacial score (nSPS) is 18.2. The summed E-state index contributed by atoms with van der Waals surface area (Å²) in [4.78, 5) is 20.0. The van der Waals surface area contributed by atoms with Crippen LogP contribution in [0.15, 0.2) is 59.8 Å². The Kier molecular flexibility index (Phi) is 3.36. The van der Waals surface area contributed by atoms with E-state index in [1.165, 1.54) is 5.01 Å². The monoisotopic (exact) mass is 268 g/mol. The van der Waals surface area contributed by atoms with Gasteiger partial charge in [-0.3, -0.25) is 9.78 Å². The van der Waals surface area contributed by atoms with Gasteiger partial charge in [0.2, 0.25) is 0 Å². The molecule has 0 aromatic carbocycles. The van der Waals surface area contributed by atoms with Crippen LogP contribution in [0.4, 0.5) is 0 Å². The van der Waals surface area contributed by atoms with Gasteiger partial charge in [0.1, 0.15) is 5.69 Å². The summed E-state index contributed by atoms with van der Waals surface area (Å²) in [6.07, 6.45) is 14.9. The Bertz CT molecular complexity index is 632. The smallest absolute Gasteiger partial charge is 0.285 e. The van der Waals surface area contributed by atoms with Gasteiger partial charge in [-0.2, -0.15) is 5.01 Å². The fourth-order valence-corrected chi connectivity index (χ4v) is 1.85. The van der Waals surface area contributed by atoms with Crippen LogP contribution in [0, 0.1) is 0 Å². The van der Waals surface area contributed by atoms with Crippen molar-refractivity contribution in [1.29, 1.82) is 0 Å². The van der Waals surface area contributed by atoms with E-state index in [0.29, 0.717) is 18.0 Å². The number of carbonyl (C=O) groups is 1. The van der Waals surface area contributed by atoms with Gasteiger partial charge < -0.3 is 4.74 Å². The standard InChI is InChI=1S/C14H12N4O2/c19-13-10-20-14(12-9-15-7-8-16-12)17-18(13)11-5-3-1-2-4-6-11/h1-5,7-9H,6,10H2. The molecule has 0 radical (unpaired) electrons. The number of ether oxygens (including phenoxy) is 1. The lowest BCUT2D eigenvalue weighted by Crippen LogP contribution is -2.36. The molecule has 0 bridgehead atoms. The molecule has 1 aliphatic carbocycles. The fourth-order valence-electron chi connectivity index (χ4n) is 1.85. The first-order chi connectivity index (χ1) is 9.84. The Morgan fingerprint density at radius 1 is 1.20 bits per heavy atom. The second-order valence-corrected chi connectivity index (χ2v) is 4.17. The summed E-state index contributed by atoms with van der Waals surface area (Å²) >= 11 is 0. The average Bonchev–Trinajstić information content (AvgIpc) is 2.78. The Morgan fingerprint density at radius 3 is 3.00 bits per heavy atom. The van der Waals surface area contributed by atoms with Crippen LogP contribution in [0.5, 0.6) is 0 Å². The molecule has 6 nitrogen and oxygen atoms in total. The quantitative estimate of drug-likeness (QED) is 0.813. The van der Waals surface area contributed by atoms with Gasteiger partial charge >= 0.3 is 0 Å².